The van der Waals surface area contributed by atoms with Crippen LogP contribution in [0.4, 0.5) is 5.69 Å². The van der Waals surface area contributed by atoms with Gasteiger partial charge in [-0.2, -0.15) is 0 Å². The summed E-state index contributed by atoms with van der Waals surface area (Å²) < 4.78 is 34.7. The van der Waals surface area contributed by atoms with Gasteiger partial charge in [0, 0.05) is 12.1 Å². The summed E-state index contributed by atoms with van der Waals surface area (Å²) in [6, 6.07) is 20.0. The van der Waals surface area contributed by atoms with Gasteiger partial charge in [0.2, 0.25) is 11.8 Å². The van der Waals surface area contributed by atoms with E-state index in [1.807, 2.05) is 72.7 Å². The quantitative estimate of drug-likeness (QED) is 0.294. The minimum Gasteiger partial charge on any atom is -0.494 e. The zero-order valence-corrected chi connectivity index (χ0v) is 26.5. The topological polar surface area (TPSA) is 96.0 Å². The molecule has 1 atom stereocenters. The van der Waals surface area contributed by atoms with Crippen LogP contribution in [0.15, 0.2) is 77.7 Å². The molecule has 0 aliphatic carbocycles. The summed E-state index contributed by atoms with van der Waals surface area (Å²) in [5.41, 5.74) is 2.57. The number of amides is 2. The maximum Gasteiger partial charge on any atom is 0.264 e. The molecule has 3 rings (SSSR count). The summed E-state index contributed by atoms with van der Waals surface area (Å²) in [7, 11) is -4.14. The van der Waals surface area contributed by atoms with E-state index >= 15 is 0 Å². The van der Waals surface area contributed by atoms with Crippen molar-refractivity contribution in [3.8, 4) is 5.75 Å². The Morgan fingerprint density at radius 3 is 2.07 bits per heavy atom. The van der Waals surface area contributed by atoms with Gasteiger partial charge in [-0.25, -0.2) is 8.42 Å². The number of carbonyl (C=O) groups is 2. The molecule has 9 heteroatoms. The number of hydrogen-bond donors (Lipinski definition) is 1. The highest BCUT2D eigenvalue weighted by Gasteiger charge is 2.34. The molecule has 2 amide bonds. The van der Waals surface area contributed by atoms with Crippen LogP contribution in [0.1, 0.15) is 57.7 Å². The van der Waals surface area contributed by atoms with E-state index in [9.17, 15) is 18.0 Å². The molecule has 0 saturated carbocycles. The van der Waals surface area contributed by atoms with Crippen LogP contribution in [0, 0.1) is 13.8 Å². The van der Waals surface area contributed by atoms with Gasteiger partial charge in [0.05, 0.1) is 17.2 Å². The summed E-state index contributed by atoms with van der Waals surface area (Å²) in [5, 5.41) is 2.99. The number of rotatable bonds is 12. The monoisotopic (exact) mass is 593 g/mol. The van der Waals surface area contributed by atoms with Crippen LogP contribution in [-0.2, 0) is 26.2 Å². The van der Waals surface area contributed by atoms with Gasteiger partial charge < -0.3 is 15.0 Å². The average molecular weight is 594 g/mol. The third-order valence-electron chi connectivity index (χ3n) is 6.81. The Morgan fingerprint density at radius 1 is 0.905 bits per heavy atom. The van der Waals surface area contributed by atoms with E-state index in [2.05, 4.69) is 5.32 Å². The average Bonchev–Trinajstić information content (AvgIpc) is 2.92. The third-order valence-corrected chi connectivity index (χ3v) is 8.60. The zero-order chi connectivity index (χ0) is 31.1. The van der Waals surface area contributed by atoms with Crippen LogP contribution in [0.3, 0.4) is 0 Å². The summed E-state index contributed by atoms with van der Waals surface area (Å²) in [6.07, 6.45) is 0.354. The lowest BCUT2D eigenvalue weighted by Crippen LogP contribution is -2.55. The van der Waals surface area contributed by atoms with Crippen LogP contribution in [0.5, 0.6) is 5.75 Å². The molecule has 0 aliphatic rings. The molecule has 0 radical (unpaired) electrons. The number of nitrogens with zero attached hydrogens (tertiary/aromatic N) is 2. The van der Waals surface area contributed by atoms with Crippen molar-refractivity contribution < 1.29 is 22.7 Å². The number of hydrogen-bond acceptors (Lipinski definition) is 5. The predicted octanol–water partition coefficient (Wildman–Crippen LogP) is 5.62. The molecule has 42 heavy (non-hydrogen) atoms. The fourth-order valence-corrected chi connectivity index (χ4v) is 6.00. The summed E-state index contributed by atoms with van der Waals surface area (Å²) >= 11 is 0. The lowest BCUT2D eigenvalue weighted by molar-refractivity contribution is -0.141. The van der Waals surface area contributed by atoms with Gasteiger partial charge in [-0.1, -0.05) is 48.9 Å². The molecule has 0 aliphatic heterocycles. The zero-order valence-electron chi connectivity index (χ0n) is 25.7. The van der Waals surface area contributed by atoms with Gasteiger partial charge in [0.25, 0.3) is 10.0 Å². The summed E-state index contributed by atoms with van der Waals surface area (Å²) in [5.74, 6) is -0.189. The SMILES string of the molecule is CCOc1ccc(N(CC(=O)N(Cc2ccccc2C)[C@H](CC)C(=O)NC(C)(C)C)S(=O)(=O)c2ccc(C)cc2)cc1. The fourth-order valence-electron chi connectivity index (χ4n) is 4.58. The number of nitrogens with one attached hydrogen (secondary N) is 1. The lowest BCUT2D eigenvalue weighted by atomic mass is 10.0. The van der Waals surface area contributed by atoms with Crippen LogP contribution in [0.2, 0.25) is 0 Å². The Bertz CT molecular complexity index is 1460. The number of aryl methyl sites for hydroxylation is 2. The van der Waals surface area contributed by atoms with Crippen molar-refractivity contribution in [3.05, 3.63) is 89.5 Å². The van der Waals surface area contributed by atoms with Gasteiger partial charge in [-0.05, 0) is 95.5 Å². The minimum atomic E-state index is -4.14. The Balaban J connectivity index is 2.08. The van der Waals surface area contributed by atoms with Gasteiger partial charge in [0.15, 0.2) is 0 Å². The summed E-state index contributed by atoms with van der Waals surface area (Å²) in [4.78, 5) is 29.3. The lowest BCUT2D eigenvalue weighted by Gasteiger charge is -2.35. The molecular weight excluding hydrogens is 550 g/mol. The molecule has 0 saturated heterocycles. The molecule has 0 bridgehead atoms. The van der Waals surface area contributed by atoms with Crippen LogP contribution in [0.25, 0.3) is 0 Å². The van der Waals surface area contributed by atoms with Crippen molar-refractivity contribution in [1.82, 2.24) is 10.2 Å². The van der Waals surface area contributed by atoms with Crippen molar-refractivity contribution in [3.63, 3.8) is 0 Å². The minimum absolute atomic E-state index is 0.0674. The first kappa shape index (κ1) is 32.7. The molecule has 1 N–H and O–H groups in total. The van der Waals surface area contributed by atoms with Crippen molar-refractivity contribution in [2.24, 2.45) is 0 Å². The van der Waals surface area contributed by atoms with E-state index in [1.165, 1.54) is 17.0 Å². The maximum atomic E-state index is 14.2. The predicted molar refractivity (Wildman–Crippen MR) is 167 cm³/mol. The Kier molecular flexibility index (Phi) is 10.8. The highest BCUT2D eigenvalue weighted by atomic mass is 32.2. The van der Waals surface area contributed by atoms with E-state index in [0.29, 0.717) is 24.5 Å². The van der Waals surface area contributed by atoms with Crippen LogP contribution < -0.4 is 14.4 Å². The molecular formula is C33H43N3O5S. The standard InChI is InChI=1S/C33H43N3O5S/c1-8-30(32(38)34-33(5,6)7)35(22-26-13-11-10-12-25(26)4)31(37)23-36(27-16-18-28(19-17-27)41-9-2)42(39,40)29-20-14-24(3)15-21-29/h10-21,30H,8-9,22-23H2,1-7H3,(H,34,38)/t30-/m1/s1. The number of sulfonamides is 1. The molecule has 0 fully saturated rings. The maximum absolute atomic E-state index is 14.2. The fraction of sp³-hybridized carbons (Fsp3) is 0.394. The van der Waals surface area contributed by atoms with E-state index < -0.39 is 34.1 Å². The van der Waals surface area contributed by atoms with Gasteiger partial charge >= 0.3 is 0 Å². The molecule has 3 aromatic rings. The molecule has 0 unspecified atom stereocenters. The second kappa shape index (κ2) is 13.9. The second-order valence-corrected chi connectivity index (χ2v) is 13.2. The molecule has 0 heterocycles. The Morgan fingerprint density at radius 2 is 1.52 bits per heavy atom. The number of benzene rings is 3. The molecule has 3 aromatic carbocycles. The number of anilines is 1. The Labute approximate surface area is 250 Å². The first-order chi connectivity index (χ1) is 19.8. The highest BCUT2D eigenvalue weighted by Crippen LogP contribution is 2.27. The largest absolute Gasteiger partial charge is 0.494 e. The Hall–Kier alpha value is -3.85. The van der Waals surface area contributed by atoms with Crippen molar-refractivity contribution >= 4 is 27.5 Å². The second-order valence-electron chi connectivity index (χ2n) is 11.4. The van der Waals surface area contributed by atoms with Crippen molar-refractivity contribution in [1.29, 1.82) is 0 Å². The van der Waals surface area contributed by atoms with Crippen LogP contribution in [-0.4, -0.2) is 49.9 Å². The van der Waals surface area contributed by atoms with Gasteiger partial charge in [-0.15, -0.1) is 0 Å². The normalized spacial score (nSPS) is 12.4. The van der Waals surface area contributed by atoms with E-state index in [-0.39, 0.29) is 17.3 Å². The molecule has 0 spiro atoms. The van der Waals surface area contributed by atoms with Crippen molar-refractivity contribution in [2.75, 3.05) is 17.5 Å². The smallest absolute Gasteiger partial charge is 0.264 e. The summed E-state index contributed by atoms with van der Waals surface area (Å²) in [6.45, 7) is 13.3. The molecule has 8 nitrogen and oxygen atoms in total. The highest BCUT2D eigenvalue weighted by molar-refractivity contribution is 7.92. The third kappa shape index (κ3) is 8.35. The molecule has 0 aromatic heterocycles. The number of carbonyl (C=O) groups excluding carboxylic acids is 2. The number of ether oxygens (including phenoxy) is 1. The van der Waals surface area contributed by atoms with Crippen LogP contribution >= 0.6 is 0 Å². The molecule has 226 valence electrons. The van der Waals surface area contributed by atoms with Gasteiger partial charge in [0.1, 0.15) is 18.3 Å². The van der Waals surface area contributed by atoms with Crippen molar-refractivity contribution in [2.45, 2.75) is 77.9 Å². The first-order valence-electron chi connectivity index (χ1n) is 14.2. The van der Waals surface area contributed by atoms with E-state index in [1.54, 1.807) is 36.4 Å². The van der Waals surface area contributed by atoms with E-state index in [0.717, 1.165) is 21.0 Å². The van der Waals surface area contributed by atoms with E-state index in [4.69, 9.17) is 4.74 Å². The van der Waals surface area contributed by atoms with Gasteiger partial charge in [-0.3, -0.25) is 13.9 Å². The first-order valence-corrected chi connectivity index (χ1v) is 15.7.